The maximum absolute atomic E-state index is 12.0. The summed E-state index contributed by atoms with van der Waals surface area (Å²) >= 11 is 14.9. The molecule has 0 fully saturated rings. The van der Waals surface area contributed by atoms with E-state index < -0.39 is 0 Å². The van der Waals surface area contributed by atoms with Crippen molar-refractivity contribution in [1.29, 1.82) is 0 Å². The summed E-state index contributed by atoms with van der Waals surface area (Å²) in [5.74, 6) is -0.246. The molecule has 0 aliphatic rings. The van der Waals surface area contributed by atoms with Crippen LogP contribution in [0.3, 0.4) is 0 Å². The lowest BCUT2D eigenvalue weighted by atomic mass is 10.1. The normalized spacial score (nSPS) is 12.2. The zero-order chi connectivity index (χ0) is 14.0. The van der Waals surface area contributed by atoms with Gasteiger partial charge in [-0.1, -0.05) is 51.3 Å². The Morgan fingerprint density at radius 3 is 2.47 bits per heavy atom. The van der Waals surface area contributed by atoms with E-state index in [9.17, 15) is 4.79 Å². The van der Waals surface area contributed by atoms with Gasteiger partial charge in [0.05, 0.1) is 11.1 Å². The first-order chi connectivity index (χ1) is 8.97. The van der Waals surface area contributed by atoms with Crippen LogP contribution in [0.2, 0.25) is 10.2 Å². The number of aromatic nitrogens is 1. The van der Waals surface area contributed by atoms with Gasteiger partial charge >= 0.3 is 0 Å². The molecule has 2 N–H and O–H groups in total. The van der Waals surface area contributed by atoms with Gasteiger partial charge in [0.1, 0.15) is 10.8 Å². The van der Waals surface area contributed by atoms with Crippen molar-refractivity contribution >= 4 is 45.0 Å². The second-order valence-corrected chi connectivity index (χ2v) is 5.79. The molecule has 2 aromatic rings. The molecule has 1 heterocycles. The predicted molar refractivity (Wildman–Crippen MR) is 80.8 cm³/mol. The molecule has 0 bridgehead atoms. The number of hydrogen-bond acceptors (Lipinski definition) is 1. The molecular weight excluding hydrogens is 351 g/mol. The van der Waals surface area contributed by atoms with Crippen LogP contribution < -0.4 is 5.32 Å². The Labute approximate surface area is 129 Å². The molecule has 0 aliphatic carbocycles. The van der Waals surface area contributed by atoms with Gasteiger partial charge in [-0.05, 0) is 30.7 Å². The molecule has 6 heteroatoms. The lowest BCUT2D eigenvalue weighted by molar-refractivity contribution is 0.0935. The van der Waals surface area contributed by atoms with Crippen molar-refractivity contribution in [2.24, 2.45) is 0 Å². The number of halogens is 3. The molecule has 0 saturated carbocycles. The van der Waals surface area contributed by atoms with E-state index in [0.717, 1.165) is 10.0 Å². The van der Waals surface area contributed by atoms with Crippen LogP contribution in [0, 0.1) is 0 Å². The maximum Gasteiger partial charge on any atom is 0.268 e. The first-order valence-corrected chi connectivity index (χ1v) is 7.12. The number of benzene rings is 1. The van der Waals surface area contributed by atoms with Crippen LogP contribution >= 0.6 is 39.1 Å². The van der Waals surface area contributed by atoms with Gasteiger partial charge in [-0.25, -0.2) is 0 Å². The molecule has 0 spiro atoms. The Kier molecular flexibility index (Phi) is 4.55. The number of carbonyl (C=O) groups is 1. The minimum Gasteiger partial charge on any atom is -0.344 e. The van der Waals surface area contributed by atoms with Crippen LogP contribution in [0.1, 0.15) is 29.0 Å². The SMILES string of the molecule is CC(NC(=O)c1cc(Cl)c(Cl)[nH]1)c1ccc(Br)cc1. The zero-order valence-corrected chi connectivity index (χ0v) is 13.1. The lowest BCUT2D eigenvalue weighted by Crippen LogP contribution is -2.26. The molecule has 1 aromatic heterocycles. The van der Waals surface area contributed by atoms with Crippen molar-refractivity contribution < 1.29 is 4.79 Å². The number of H-pyrrole nitrogens is 1. The molecule has 19 heavy (non-hydrogen) atoms. The minimum absolute atomic E-state index is 0.110. The van der Waals surface area contributed by atoms with E-state index in [1.807, 2.05) is 31.2 Å². The average Bonchev–Trinajstić information content (AvgIpc) is 2.70. The summed E-state index contributed by atoms with van der Waals surface area (Å²) in [4.78, 5) is 14.7. The molecular formula is C13H11BrCl2N2O. The summed E-state index contributed by atoms with van der Waals surface area (Å²) in [5.41, 5.74) is 1.36. The molecule has 0 radical (unpaired) electrons. The lowest BCUT2D eigenvalue weighted by Gasteiger charge is -2.13. The highest BCUT2D eigenvalue weighted by Crippen LogP contribution is 2.22. The maximum atomic E-state index is 12.0. The zero-order valence-electron chi connectivity index (χ0n) is 10.0. The third kappa shape index (κ3) is 3.53. The molecule has 0 aliphatic heterocycles. The number of carbonyl (C=O) groups excluding carboxylic acids is 1. The number of rotatable bonds is 3. The Hall–Kier alpha value is -0.970. The summed E-state index contributed by atoms with van der Waals surface area (Å²) < 4.78 is 0.998. The fraction of sp³-hybridized carbons (Fsp3) is 0.154. The first-order valence-electron chi connectivity index (χ1n) is 5.57. The van der Waals surface area contributed by atoms with E-state index in [1.165, 1.54) is 6.07 Å². The summed E-state index contributed by atoms with van der Waals surface area (Å²) in [6.45, 7) is 1.91. The third-order valence-corrected chi connectivity index (χ3v) is 3.91. The number of nitrogens with one attached hydrogen (secondary N) is 2. The highest BCUT2D eigenvalue weighted by molar-refractivity contribution is 9.10. The second kappa shape index (κ2) is 5.99. The van der Waals surface area contributed by atoms with Gasteiger partial charge in [0.15, 0.2) is 0 Å². The van der Waals surface area contributed by atoms with Gasteiger partial charge in [0, 0.05) is 4.47 Å². The highest BCUT2D eigenvalue weighted by atomic mass is 79.9. The van der Waals surface area contributed by atoms with E-state index in [4.69, 9.17) is 23.2 Å². The van der Waals surface area contributed by atoms with Gasteiger partial charge in [-0.3, -0.25) is 4.79 Å². The van der Waals surface area contributed by atoms with Crippen molar-refractivity contribution in [1.82, 2.24) is 10.3 Å². The van der Waals surface area contributed by atoms with Crippen LogP contribution in [0.5, 0.6) is 0 Å². The number of aromatic amines is 1. The molecule has 100 valence electrons. The Morgan fingerprint density at radius 1 is 1.32 bits per heavy atom. The highest BCUT2D eigenvalue weighted by Gasteiger charge is 2.14. The van der Waals surface area contributed by atoms with Crippen molar-refractivity contribution in [3.63, 3.8) is 0 Å². The van der Waals surface area contributed by atoms with E-state index in [0.29, 0.717) is 10.7 Å². The van der Waals surface area contributed by atoms with Crippen LogP contribution in [-0.2, 0) is 0 Å². The van der Waals surface area contributed by atoms with Gasteiger partial charge in [-0.2, -0.15) is 0 Å². The Morgan fingerprint density at radius 2 is 1.95 bits per heavy atom. The molecule has 2 rings (SSSR count). The summed E-state index contributed by atoms with van der Waals surface area (Å²) in [6, 6.07) is 9.16. The fourth-order valence-electron chi connectivity index (χ4n) is 1.64. The van der Waals surface area contributed by atoms with Gasteiger partial charge in [0.25, 0.3) is 5.91 Å². The van der Waals surface area contributed by atoms with Crippen LogP contribution in [0.4, 0.5) is 0 Å². The van der Waals surface area contributed by atoms with Crippen molar-refractivity contribution in [2.75, 3.05) is 0 Å². The van der Waals surface area contributed by atoms with Crippen molar-refractivity contribution in [2.45, 2.75) is 13.0 Å². The Bertz CT molecular complexity index is 576. The van der Waals surface area contributed by atoms with Gasteiger partial charge < -0.3 is 10.3 Å². The first kappa shape index (κ1) is 14.4. The van der Waals surface area contributed by atoms with E-state index in [-0.39, 0.29) is 17.1 Å². The predicted octanol–water partition coefficient (Wildman–Crippen LogP) is 4.58. The number of hydrogen-bond donors (Lipinski definition) is 2. The van der Waals surface area contributed by atoms with Crippen LogP contribution in [0.15, 0.2) is 34.8 Å². The van der Waals surface area contributed by atoms with Crippen molar-refractivity contribution in [3.05, 3.63) is 56.2 Å². The Balaban J connectivity index is 2.08. The third-order valence-electron chi connectivity index (χ3n) is 2.69. The molecule has 1 aromatic carbocycles. The number of amides is 1. The van der Waals surface area contributed by atoms with E-state index >= 15 is 0 Å². The summed E-state index contributed by atoms with van der Waals surface area (Å²) in [7, 11) is 0. The molecule has 1 atom stereocenters. The monoisotopic (exact) mass is 360 g/mol. The summed E-state index contributed by atoms with van der Waals surface area (Å²) in [5, 5.41) is 3.47. The minimum atomic E-state index is -0.246. The van der Waals surface area contributed by atoms with Gasteiger partial charge in [0.2, 0.25) is 0 Å². The average molecular weight is 362 g/mol. The molecule has 1 unspecified atom stereocenters. The summed E-state index contributed by atoms with van der Waals surface area (Å²) in [6.07, 6.45) is 0. The molecule has 0 saturated heterocycles. The molecule has 3 nitrogen and oxygen atoms in total. The largest absolute Gasteiger partial charge is 0.344 e. The van der Waals surface area contributed by atoms with Crippen LogP contribution in [0.25, 0.3) is 0 Å². The second-order valence-electron chi connectivity index (χ2n) is 4.09. The smallest absolute Gasteiger partial charge is 0.268 e. The quantitative estimate of drug-likeness (QED) is 0.825. The van der Waals surface area contributed by atoms with Crippen LogP contribution in [-0.4, -0.2) is 10.9 Å². The van der Waals surface area contributed by atoms with Crippen molar-refractivity contribution in [3.8, 4) is 0 Å². The fourth-order valence-corrected chi connectivity index (χ4v) is 2.21. The molecule has 1 amide bonds. The van der Waals surface area contributed by atoms with Gasteiger partial charge in [-0.15, -0.1) is 0 Å². The topological polar surface area (TPSA) is 44.9 Å². The standard InChI is InChI=1S/C13H11BrCl2N2O/c1-7(8-2-4-9(14)5-3-8)17-13(19)11-6-10(15)12(16)18-11/h2-7,18H,1H3,(H,17,19). The van der Waals surface area contributed by atoms with E-state index in [1.54, 1.807) is 0 Å². The van der Waals surface area contributed by atoms with E-state index in [2.05, 4.69) is 26.2 Å².